The van der Waals surface area contributed by atoms with Crippen LogP contribution >= 0.6 is 0 Å². The Balaban J connectivity index is 1.71. The van der Waals surface area contributed by atoms with Crippen LogP contribution in [0.15, 0.2) is 12.2 Å². The fourth-order valence-corrected chi connectivity index (χ4v) is 3.72. The Labute approximate surface area is 119 Å². The summed E-state index contributed by atoms with van der Waals surface area (Å²) in [6.45, 7) is 3.84. The number of nitrogens with one attached hydrogen (secondary N) is 2. The molecule has 1 aliphatic carbocycles. The SMILES string of the molecule is C[C@]1([C@@H]2CCCN([C@H]3C=CCCC3)C2)NC(=O)NC1=O. The van der Waals surface area contributed by atoms with Crippen LogP contribution in [0.25, 0.3) is 0 Å². The number of carbonyl (C=O) groups is 2. The van der Waals surface area contributed by atoms with Crippen LogP contribution in [0.5, 0.6) is 0 Å². The molecule has 5 nitrogen and oxygen atoms in total. The Bertz CT molecular complexity index is 448. The van der Waals surface area contributed by atoms with Crippen LogP contribution in [0.1, 0.15) is 39.0 Å². The highest BCUT2D eigenvalue weighted by atomic mass is 16.2. The van der Waals surface area contributed by atoms with Crippen molar-refractivity contribution in [2.45, 2.75) is 50.6 Å². The molecule has 3 rings (SSSR count). The first-order chi connectivity index (χ1) is 9.59. The molecule has 3 amide bonds. The summed E-state index contributed by atoms with van der Waals surface area (Å²) in [5.74, 6) is 0.0200. The maximum absolute atomic E-state index is 12.1. The summed E-state index contributed by atoms with van der Waals surface area (Å²) in [7, 11) is 0. The molecule has 2 heterocycles. The van der Waals surface area contributed by atoms with Gasteiger partial charge in [0, 0.05) is 18.5 Å². The van der Waals surface area contributed by atoms with Crippen LogP contribution in [0.2, 0.25) is 0 Å². The molecule has 0 saturated carbocycles. The van der Waals surface area contributed by atoms with E-state index >= 15 is 0 Å². The van der Waals surface area contributed by atoms with Crippen molar-refractivity contribution in [2.24, 2.45) is 5.92 Å². The highest BCUT2D eigenvalue weighted by Gasteiger charge is 2.49. The molecule has 3 aliphatic rings. The van der Waals surface area contributed by atoms with Gasteiger partial charge in [0.2, 0.25) is 0 Å². The van der Waals surface area contributed by atoms with E-state index in [1.54, 1.807) is 0 Å². The van der Waals surface area contributed by atoms with Gasteiger partial charge in [0.1, 0.15) is 5.54 Å². The fraction of sp³-hybridized carbons (Fsp3) is 0.733. The minimum atomic E-state index is -0.742. The summed E-state index contributed by atoms with van der Waals surface area (Å²) in [6, 6.07) is 0.155. The van der Waals surface area contributed by atoms with Crippen molar-refractivity contribution in [2.75, 3.05) is 13.1 Å². The minimum absolute atomic E-state index is 0.173. The van der Waals surface area contributed by atoms with Crippen LogP contribution in [0.4, 0.5) is 4.79 Å². The highest BCUT2D eigenvalue weighted by Crippen LogP contribution is 2.31. The van der Waals surface area contributed by atoms with Crippen LogP contribution in [-0.2, 0) is 4.79 Å². The van der Waals surface area contributed by atoms with Gasteiger partial charge in [-0.3, -0.25) is 15.0 Å². The lowest BCUT2D eigenvalue weighted by Crippen LogP contribution is -2.57. The van der Waals surface area contributed by atoms with Gasteiger partial charge in [0.25, 0.3) is 5.91 Å². The summed E-state index contributed by atoms with van der Waals surface area (Å²) < 4.78 is 0. The molecule has 0 aromatic rings. The van der Waals surface area contributed by atoms with Gasteiger partial charge >= 0.3 is 6.03 Å². The number of amides is 3. The number of imide groups is 1. The lowest BCUT2D eigenvalue weighted by atomic mass is 9.79. The van der Waals surface area contributed by atoms with Gasteiger partial charge in [0.15, 0.2) is 0 Å². The van der Waals surface area contributed by atoms with Crippen molar-refractivity contribution in [1.29, 1.82) is 0 Å². The fourth-order valence-electron chi connectivity index (χ4n) is 3.72. The number of piperidine rings is 1. The van der Waals surface area contributed by atoms with Gasteiger partial charge in [-0.15, -0.1) is 0 Å². The van der Waals surface area contributed by atoms with Gasteiger partial charge in [-0.25, -0.2) is 4.79 Å². The molecular formula is C15H23N3O2. The maximum atomic E-state index is 12.1. The number of carbonyl (C=O) groups excluding carboxylic acids is 2. The third-order valence-corrected chi connectivity index (χ3v) is 5.04. The Hall–Kier alpha value is -1.36. The van der Waals surface area contributed by atoms with E-state index in [1.807, 2.05) is 6.92 Å². The normalized spacial score (nSPS) is 38.6. The molecule has 0 bridgehead atoms. The molecule has 3 atom stereocenters. The van der Waals surface area contributed by atoms with Gasteiger partial charge in [-0.2, -0.15) is 0 Å². The standard InChI is InChI=1S/C15H23N3O2/c1-15(13(19)16-14(20)17-15)11-6-5-9-18(10-11)12-7-3-2-4-8-12/h3,7,11-12H,2,4-6,8-10H2,1H3,(H2,16,17,19,20)/t11-,12+,15-/m1/s1. The first-order valence-electron chi connectivity index (χ1n) is 7.64. The highest BCUT2D eigenvalue weighted by molar-refractivity contribution is 6.06. The number of urea groups is 1. The zero-order valence-corrected chi connectivity index (χ0v) is 12.0. The van der Waals surface area contributed by atoms with E-state index in [2.05, 4.69) is 27.7 Å². The third-order valence-electron chi connectivity index (χ3n) is 5.04. The molecule has 0 unspecified atom stereocenters. The largest absolute Gasteiger partial charge is 0.323 e. The molecule has 0 spiro atoms. The molecule has 2 saturated heterocycles. The Kier molecular flexibility index (Phi) is 3.54. The zero-order valence-electron chi connectivity index (χ0n) is 12.0. The van der Waals surface area contributed by atoms with Gasteiger partial charge in [-0.1, -0.05) is 12.2 Å². The molecule has 2 aliphatic heterocycles. The monoisotopic (exact) mass is 277 g/mol. The van der Waals surface area contributed by atoms with E-state index in [9.17, 15) is 9.59 Å². The predicted octanol–water partition coefficient (Wildman–Crippen LogP) is 1.41. The molecule has 20 heavy (non-hydrogen) atoms. The van der Waals surface area contributed by atoms with E-state index in [4.69, 9.17) is 0 Å². The van der Waals surface area contributed by atoms with Gasteiger partial charge in [-0.05, 0) is 45.6 Å². The minimum Gasteiger partial charge on any atom is -0.323 e. The Morgan fingerprint density at radius 1 is 1.30 bits per heavy atom. The maximum Gasteiger partial charge on any atom is 0.322 e. The number of rotatable bonds is 2. The molecule has 0 aromatic carbocycles. The van der Waals surface area contributed by atoms with Crippen molar-refractivity contribution in [3.63, 3.8) is 0 Å². The Morgan fingerprint density at radius 3 is 2.80 bits per heavy atom. The molecular weight excluding hydrogens is 254 g/mol. The smallest absolute Gasteiger partial charge is 0.322 e. The van der Waals surface area contributed by atoms with Crippen molar-refractivity contribution in [1.82, 2.24) is 15.5 Å². The number of hydrogen-bond acceptors (Lipinski definition) is 3. The summed E-state index contributed by atoms with van der Waals surface area (Å²) in [5, 5.41) is 5.21. The molecule has 2 fully saturated rings. The van der Waals surface area contributed by atoms with Gasteiger partial charge < -0.3 is 5.32 Å². The third kappa shape index (κ3) is 2.35. The second-order valence-electron chi connectivity index (χ2n) is 6.37. The van der Waals surface area contributed by atoms with Crippen molar-refractivity contribution < 1.29 is 9.59 Å². The topological polar surface area (TPSA) is 61.4 Å². The molecule has 110 valence electrons. The summed E-state index contributed by atoms with van der Waals surface area (Å²) in [6.07, 6.45) is 10.3. The zero-order chi connectivity index (χ0) is 14.2. The number of likely N-dealkylation sites (tertiary alicyclic amines) is 1. The predicted molar refractivity (Wildman–Crippen MR) is 76.2 cm³/mol. The van der Waals surface area contributed by atoms with E-state index in [1.165, 1.54) is 19.3 Å². The molecule has 0 radical (unpaired) electrons. The second kappa shape index (κ2) is 5.20. The van der Waals surface area contributed by atoms with E-state index in [0.29, 0.717) is 6.04 Å². The quantitative estimate of drug-likeness (QED) is 0.592. The van der Waals surface area contributed by atoms with Crippen molar-refractivity contribution in [3.8, 4) is 0 Å². The number of nitrogens with zero attached hydrogens (tertiary/aromatic N) is 1. The van der Waals surface area contributed by atoms with E-state index in [0.717, 1.165) is 25.9 Å². The molecule has 0 aromatic heterocycles. The van der Waals surface area contributed by atoms with E-state index in [-0.39, 0.29) is 17.9 Å². The number of hydrogen-bond donors (Lipinski definition) is 2. The molecule has 5 heteroatoms. The first kappa shape index (κ1) is 13.6. The summed E-state index contributed by atoms with van der Waals surface area (Å²) in [5.41, 5.74) is -0.742. The summed E-state index contributed by atoms with van der Waals surface area (Å²) in [4.78, 5) is 26.0. The van der Waals surface area contributed by atoms with Crippen LogP contribution in [-0.4, -0.2) is 41.5 Å². The Morgan fingerprint density at radius 2 is 2.15 bits per heavy atom. The lowest BCUT2D eigenvalue weighted by molar-refractivity contribution is -0.126. The van der Waals surface area contributed by atoms with Crippen molar-refractivity contribution in [3.05, 3.63) is 12.2 Å². The van der Waals surface area contributed by atoms with E-state index < -0.39 is 5.54 Å². The lowest BCUT2D eigenvalue weighted by Gasteiger charge is -2.42. The molecule has 2 N–H and O–H groups in total. The second-order valence-corrected chi connectivity index (χ2v) is 6.37. The average molecular weight is 277 g/mol. The van der Waals surface area contributed by atoms with Crippen molar-refractivity contribution >= 4 is 11.9 Å². The van der Waals surface area contributed by atoms with Gasteiger partial charge in [0.05, 0.1) is 0 Å². The number of allylic oxidation sites excluding steroid dienone is 1. The van der Waals surface area contributed by atoms with Crippen LogP contribution in [0, 0.1) is 5.92 Å². The van der Waals surface area contributed by atoms with Crippen LogP contribution < -0.4 is 10.6 Å². The van der Waals surface area contributed by atoms with Crippen LogP contribution in [0.3, 0.4) is 0 Å². The first-order valence-corrected chi connectivity index (χ1v) is 7.64. The average Bonchev–Trinajstić information content (AvgIpc) is 2.74. The summed E-state index contributed by atoms with van der Waals surface area (Å²) >= 11 is 0.